The molecule has 2 aromatic carbocycles. The van der Waals surface area contributed by atoms with Crippen molar-refractivity contribution >= 4 is 44.2 Å². The van der Waals surface area contributed by atoms with E-state index in [1.54, 1.807) is 11.8 Å². The van der Waals surface area contributed by atoms with Crippen LogP contribution in [0.3, 0.4) is 0 Å². The number of nitrogens with one attached hydrogen (secondary N) is 1. The van der Waals surface area contributed by atoms with Gasteiger partial charge >= 0.3 is 0 Å². The van der Waals surface area contributed by atoms with E-state index in [0.29, 0.717) is 23.1 Å². The Labute approximate surface area is 167 Å². The molecule has 6 nitrogen and oxygen atoms in total. The Morgan fingerprint density at radius 2 is 1.96 bits per heavy atom. The van der Waals surface area contributed by atoms with Gasteiger partial charge in [0.2, 0.25) is 5.91 Å². The minimum absolute atomic E-state index is 0.141. The van der Waals surface area contributed by atoms with Crippen LogP contribution in [0.2, 0.25) is 0 Å². The van der Waals surface area contributed by atoms with Crippen molar-refractivity contribution in [1.82, 2.24) is 4.98 Å². The Morgan fingerprint density at radius 1 is 1.21 bits per heavy atom. The number of anilines is 2. The quantitative estimate of drug-likeness (QED) is 0.723. The molecule has 1 atom stereocenters. The van der Waals surface area contributed by atoms with Gasteiger partial charge in [0.15, 0.2) is 11.2 Å². The van der Waals surface area contributed by atoms with Gasteiger partial charge in [-0.1, -0.05) is 35.6 Å². The van der Waals surface area contributed by atoms with Gasteiger partial charge in [0.05, 0.1) is 15.9 Å². The molecule has 0 radical (unpaired) electrons. The third-order valence-corrected chi connectivity index (χ3v) is 5.93. The van der Waals surface area contributed by atoms with Crippen molar-refractivity contribution in [2.75, 3.05) is 16.8 Å². The number of hydrogen-bond acceptors (Lipinski definition) is 5. The number of ether oxygens (including phenoxy) is 1. The van der Waals surface area contributed by atoms with Crippen LogP contribution in [0.5, 0.6) is 5.75 Å². The van der Waals surface area contributed by atoms with Gasteiger partial charge in [-0.15, -0.1) is 0 Å². The Hall–Kier alpha value is -2.93. The molecule has 144 valence electrons. The van der Waals surface area contributed by atoms with Crippen LogP contribution >= 0.6 is 11.3 Å². The fourth-order valence-corrected chi connectivity index (χ4v) is 4.32. The van der Waals surface area contributed by atoms with Crippen molar-refractivity contribution in [2.45, 2.75) is 33.3 Å². The molecule has 0 saturated heterocycles. The monoisotopic (exact) mass is 395 g/mol. The number of aryl methyl sites for hydroxylation is 2. The molecular formula is C21H21N3O3S. The third-order valence-electron chi connectivity index (χ3n) is 4.82. The zero-order valence-corrected chi connectivity index (χ0v) is 16.8. The van der Waals surface area contributed by atoms with Gasteiger partial charge in [-0.3, -0.25) is 9.59 Å². The fourth-order valence-electron chi connectivity index (χ4n) is 3.30. The first kappa shape index (κ1) is 18.4. The Bertz CT molecular complexity index is 1040. The van der Waals surface area contributed by atoms with Crippen molar-refractivity contribution in [1.29, 1.82) is 0 Å². The molecule has 0 saturated carbocycles. The summed E-state index contributed by atoms with van der Waals surface area (Å²) in [5, 5.41) is 3.46. The summed E-state index contributed by atoms with van der Waals surface area (Å²) >= 11 is 1.47. The average Bonchev–Trinajstić information content (AvgIpc) is 3.10. The molecule has 1 aromatic heterocycles. The van der Waals surface area contributed by atoms with Crippen molar-refractivity contribution in [2.24, 2.45) is 0 Å². The van der Waals surface area contributed by atoms with E-state index in [4.69, 9.17) is 4.74 Å². The highest BCUT2D eigenvalue weighted by atomic mass is 32.1. The van der Waals surface area contributed by atoms with Gasteiger partial charge in [-0.2, -0.15) is 0 Å². The normalized spacial score (nSPS) is 16.0. The van der Waals surface area contributed by atoms with Crippen molar-refractivity contribution in [3.8, 4) is 5.75 Å². The molecule has 2 heterocycles. The van der Waals surface area contributed by atoms with Gasteiger partial charge in [0.25, 0.3) is 5.91 Å². The summed E-state index contributed by atoms with van der Waals surface area (Å²) in [6, 6.07) is 11.5. The number of fused-ring (bicyclic) bond motifs is 2. The summed E-state index contributed by atoms with van der Waals surface area (Å²) in [4.78, 5) is 31.2. The van der Waals surface area contributed by atoms with E-state index in [0.717, 1.165) is 21.3 Å². The molecule has 7 heteroatoms. The number of amides is 2. The van der Waals surface area contributed by atoms with Crippen LogP contribution in [0.4, 0.5) is 10.8 Å². The first-order valence-electron chi connectivity index (χ1n) is 9.17. The zero-order chi connectivity index (χ0) is 19.8. The molecule has 0 bridgehead atoms. The number of para-hydroxylation sites is 2. The lowest BCUT2D eigenvalue weighted by Gasteiger charge is -2.32. The maximum absolute atomic E-state index is 12.5. The van der Waals surface area contributed by atoms with E-state index < -0.39 is 6.10 Å². The zero-order valence-electron chi connectivity index (χ0n) is 16.0. The van der Waals surface area contributed by atoms with Crippen LogP contribution in [0, 0.1) is 13.8 Å². The van der Waals surface area contributed by atoms with E-state index in [-0.39, 0.29) is 18.2 Å². The summed E-state index contributed by atoms with van der Waals surface area (Å²) in [5.41, 5.74) is 3.85. The molecule has 0 fully saturated rings. The van der Waals surface area contributed by atoms with Crippen LogP contribution in [0.25, 0.3) is 10.2 Å². The standard InChI is InChI=1S/C21H21N3O3S/c1-12-8-9-13(2)19-18(12)23-21(28-19)22-17(25)10-11-24-15-6-4-5-7-16(15)27-14(3)20(24)26/h4-9,14H,10-11H2,1-3H3,(H,22,23,25). The lowest BCUT2D eigenvalue weighted by atomic mass is 10.1. The fraction of sp³-hybridized carbons (Fsp3) is 0.286. The summed E-state index contributed by atoms with van der Waals surface area (Å²) in [6.45, 7) is 6.05. The molecule has 1 aliphatic rings. The van der Waals surface area contributed by atoms with E-state index in [1.807, 2.05) is 44.2 Å². The maximum atomic E-state index is 12.5. The lowest BCUT2D eigenvalue weighted by molar-refractivity contribution is -0.125. The van der Waals surface area contributed by atoms with Crippen LogP contribution < -0.4 is 15.0 Å². The second kappa shape index (κ2) is 7.24. The highest BCUT2D eigenvalue weighted by molar-refractivity contribution is 7.22. The number of nitrogens with zero attached hydrogens (tertiary/aromatic N) is 2. The lowest BCUT2D eigenvalue weighted by Crippen LogP contribution is -2.45. The van der Waals surface area contributed by atoms with E-state index in [2.05, 4.69) is 16.4 Å². The smallest absolute Gasteiger partial charge is 0.267 e. The van der Waals surface area contributed by atoms with Crippen molar-refractivity contribution in [3.63, 3.8) is 0 Å². The summed E-state index contributed by atoms with van der Waals surface area (Å²) < 4.78 is 6.72. The molecule has 0 aliphatic carbocycles. The number of rotatable bonds is 4. The summed E-state index contributed by atoms with van der Waals surface area (Å²) in [6.07, 6.45) is -0.381. The molecule has 28 heavy (non-hydrogen) atoms. The van der Waals surface area contributed by atoms with Gasteiger partial charge < -0.3 is 15.0 Å². The maximum Gasteiger partial charge on any atom is 0.267 e. The predicted molar refractivity (Wildman–Crippen MR) is 111 cm³/mol. The highest BCUT2D eigenvalue weighted by Crippen LogP contribution is 2.34. The molecule has 3 aromatic rings. The van der Waals surface area contributed by atoms with Crippen molar-refractivity contribution < 1.29 is 14.3 Å². The Balaban J connectivity index is 1.47. The Kier molecular flexibility index (Phi) is 4.77. The number of carbonyl (C=O) groups excluding carboxylic acids is 2. The van der Waals surface area contributed by atoms with Gasteiger partial charge in [-0.05, 0) is 44.0 Å². The largest absolute Gasteiger partial charge is 0.479 e. The SMILES string of the molecule is Cc1ccc(C)c2sc(NC(=O)CCN3C(=O)C(C)Oc4ccccc43)nc12. The minimum atomic E-state index is -0.562. The minimum Gasteiger partial charge on any atom is -0.479 e. The number of aromatic nitrogens is 1. The summed E-state index contributed by atoms with van der Waals surface area (Å²) in [5.74, 6) is 0.351. The van der Waals surface area contributed by atoms with Crippen LogP contribution in [-0.2, 0) is 9.59 Å². The van der Waals surface area contributed by atoms with Crippen LogP contribution in [0.15, 0.2) is 36.4 Å². The molecule has 1 aliphatic heterocycles. The van der Waals surface area contributed by atoms with Gasteiger partial charge in [0.1, 0.15) is 5.75 Å². The molecule has 0 spiro atoms. The summed E-state index contributed by atoms with van der Waals surface area (Å²) in [7, 11) is 0. The molecule has 4 rings (SSSR count). The average molecular weight is 395 g/mol. The van der Waals surface area contributed by atoms with Gasteiger partial charge in [-0.25, -0.2) is 4.98 Å². The molecule has 2 amide bonds. The van der Waals surface area contributed by atoms with Gasteiger partial charge in [0, 0.05) is 13.0 Å². The van der Waals surface area contributed by atoms with Crippen LogP contribution in [0.1, 0.15) is 24.5 Å². The first-order chi connectivity index (χ1) is 13.4. The second-order valence-electron chi connectivity index (χ2n) is 6.91. The molecular weight excluding hydrogens is 374 g/mol. The van der Waals surface area contributed by atoms with E-state index in [9.17, 15) is 9.59 Å². The van der Waals surface area contributed by atoms with E-state index in [1.165, 1.54) is 11.3 Å². The predicted octanol–water partition coefficient (Wildman–Crippen LogP) is 4.06. The van der Waals surface area contributed by atoms with E-state index >= 15 is 0 Å². The third kappa shape index (κ3) is 3.33. The van der Waals surface area contributed by atoms with Crippen LogP contribution in [-0.4, -0.2) is 29.4 Å². The topological polar surface area (TPSA) is 71.5 Å². The molecule has 1 N–H and O–H groups in total. The van der Waals surface area contributed by atoms with Crippen molar-refractivity contribution in [3.05, 3.63) is 47.5 Å². The number of carbonyl (C=O) groups is 2. The Morgan fingerprint density at radius 3 is 2.75 bits per heavy atom. The number of thiazole rings is 1. The number of hydrogen-bond donors (Lipinski definition) is 1. The highest BCUT2D eigenvalue weighted by Gasteiger charge is 2.31. The molecule has 1 unspecified atom stereocenters. The second-order valence-corrected chi connectivity index (χ2v) is 7.91. The number of benzene rings is 2. The first-order valence-corrected chi connectivity index (χ1v) is 9.99.